The number of carbonyl (C=O) groups is 1. The summed E-state index contributed by atoms with van der Waals surface area (Å²) >= 11 is 1.50. The molecular formula is C18H19ClFN5OS. The Bertz CT molecular complexity index is 908. The van der Waals surface area contributed by atoms with Crippen LogP contribution in [0.1, 0.15) is 23.5 Å². The average molecular weight is 408 g/mol. The van der Waals surface area contributed by atoms with Gasteiger partial charge in [-0.05, 0) is 54.5 Å². The van der Waals surface area contributed by atoms with Gasteiger partial charge in [-0.15, -0.1) is 28.8 Å². The van der Waals surface area contributed by atoms with Gasteiger partial charge in [0.15, 0.2) is 5.82 Å². The molecule has 0 saturated heterocycles. The van der Waals surface area contributed by atoms with Crippen molar-refractivity contribution in [2.24, 2.45) is 11.7 Å². The van der Waals surface area contributed by atoms with E-state index in [1.54, 1.807) is 16.8 Å². The maximum absolute atomic E-state index is 13.3. The topological polar surface area (TPSA) is 85.8 Å². The van der Waals surface area contributed by atoms with Crippen molar-refractivity contribution in [3.63, 3.8) is 0 Å². The van der Waals surface area contributed by atoms with Crippen LogP contribution in [0.4, 0.5) is 4.39 Å². The molecule has 1 fully saturated rings. The summed E-state index contributed by atoms with van der Waals surface area (Å²) in [7, 11) is 0. The first kappa shape index (κ1) is 19.5. The third-order valence-electron chi connectivity index (χ3n) is 4.38. The predicted molar refractivity (Wildman–Crippen MR) is 105 cm³/mol. The molecule has 0 radical (unpaired) electrons. The second-order valence-electron chi connectivity index (χ2n) is 6.28. The summed E-state index contributed by atoms with van der Waals surface area (Å²) in [5, 5.41) is 9.23. The number of hydrogen-bond donors (Lipinski definition) is 2. The summed E-state index contributed by atoms with van der Waals surface area (Å²) in [5.74, 6) is 0.398. The minimum absolute atomic E-state index is 0. The molecule has 27 heavy (non-hydrogen) atoms. The van der Waals surface area contributed by atoms with Crippen LogP contribution in [0.15, 0.2) is 41.8 Å². The van der Waals surface area contributed by atoms with Gasteiger partial charge in [-0.3, -0.25) is 4.79 Å². The number of halogens is 2. The van der Waals surface area contributed by atoms with Gasteiger partial charge in [-0.25, -0.2) is 14.1 Å². The highest BCUT2D eigenvalue weighted by Crippen LogP contribution is 2.32. The molecule has 0 bridgehead atoms. The Hall–Kier alpha value is -2.29. The molecule has 1 aromatic carbocycles. The van der Waals surface area contributed by atoms with Crippen molar-refractivity contribution < 1.29 is 9.18 Å². The van der Waals surface area contributed by atoms with E-state index < -0.39 is 0 Å². The van der Waals surface area contributed by atoms with E-state index in [9.17, 15) is 9.18 Å². The van der Waals surface area contributed by atoms with Gasteiger partial charge in [0.2, 0.25) is 5.82 Å². The second-order valence-corrected chi connectivity index (χ2v) is 7.23. The summed E-state index contributed by atoms with van der Waals surface area (Å²) in [6.45, 7) is 0.396. The first-order chi connectivity index (χ1) is 12.7. The van der Waals surface area contributed by atoms with Gasteiger partial charge >= 0.3 is 0 Å². The Morgan fingerprint density at radius 3 is 2.67 bits per heavy atom. The summed E-state index contributed by atoms with van der Waals surface area (Å²) in [4.78, 5) is 17.9. The number of thiophene rings is 1. The highest BCUT2D eigenvalue weighted by Gasteiger charge is 2.32. The summed E-state index contributed by atoms with van der Waals surface area (Å²) in [6.07, 6.45) is 2.17. The van der Waals surface area contributed by atoms with E-state index in [2.05, 4.69) is 15.4 Å². The van der Waals surface area contributed by atoms with Gasteiger partial charge in [-0.2, -0.15) is 0 Å². The Morgan fingerprint density at radius 2 is 2.07 bits per heavy atom. The number of nitrogens with one attached hydrogen (secondary N) is 1. The lowest BCUT2D eigenvalue weighted by atomic mass is 10.2. The number of hydrogen-bond acceptors (Lipinski definition) is 5. The SMILES string of the molecule is Cl.NCC(NC(=O)c1nc(-c2cccs2)n(-c2ccc(F)cc2)n1)C1CC1. The highest BCUT2D eigenvalue weighted by atomic mass is 35.5. The van der Waals surface area contributed by atoms with E-state index >= 15 is 0 Å². The van der Waals surface area contributed by atoms with E-state index in [4.69, 9.17) is 5.73 Å². The number of nitrogens with zero attached hydrogens (tertiary/aromatic N) is 3. The summed E-state index contributed by atoms with van der Waals surface area (Å²) in [5.41, 5.74) is 6.40. The summed E-state index contributed by atoms with van der Waals surface area (Å²) < 4.78 is 14.8. The van der Waals surface area contributed by atoms with Crippen LogP contribution in [0.3, 0.4) is 0 Å². The number of carbonyl (C=O) groups excluding carboxylic acids is 1. The first-order valence-electron chi connectivity index (χ1n) is 8.43. The molecule has 3 N–H and O–H groups in total. The molecule has 1 saturated carbocycles. The molecule has 9 heteroatoms. The Kier molecular flexibility index (Phi) is 5.88. The molecule has 1 atom stereocenters. The molecule has 1 aliphatic rings. The number of nitrogens with two attached hydrogens (primary N) is 1. The van der Waals surface area contributed by atoms with Crippen molar-refractivity contribution in [2.75, 3.05) is 6.54 Å². The number of rotatable bonds is 6. The van der Waals surface area contributed by atoms with E-state index in [1.165, 1.54) is 23.5 Å². The van der Waals surface area contributed by atoms with E-state index in [1.807, 2.05) is 17.5 Å². The molecule has 142 valence electrons. The van der Waals surface area contributed by atoms with Crippen LogP contribution in [-0.4, -0.2) is 33.3 Å². The zero-order valence-corrected chi connectivity index (χ0v) is 16.0. The number of amides is 1. The molecule has 2 aromatic heterocycles. The minimum Gasteiger partial charge on any atom is -0.345 e. The van der Waals surface area contributed by atoms with Crippen LogP contribution in [0.2, 0.25) is 0 Å². The van der Waals surface area contributed by atoms with Crippen LogP contribution >= 0.6 is 23.7 Å². The largest absolute Gasteiger partial charge is 0.345 e. The third kappa shape index (κ3) is 4.18. The maximum atomic E-state index is 13.3. The predicted octanol–water partition coefficient (Wildman–Crippen LogP) is 3.02. The fourth-order valence-electron chi connectivity index (χ4n) is 2.84. The van der Waals surface area contributed by atoms with E-state index in [0.717, 1.165) is 17.7 Å². The normalized spacial score (nSPS) is 14.4. The molecule has 6 nitrogen and oxygen atoms in total. The smallest absolute Gasteiger partial charge is 0.291 e. The number of benzene rings is 1. The minimum atomic E-state index is -0.342. The fourth-order valence-corrected chi connectivity index (χ4v) is 3.54. The maximum Gasteiger partial charge on any atom is 0.291 e. The zero-order chi connectivity index (χ0) is 18.1. The van der Waals surface area contributed by atoms with Gasteiger partial charge in [0.05, 0.1) is 10.6 Å². The molecule has 0 spiro atoms. The van der Waals surface area contributed by atoms with Crippen LogP contribution in [0, 0.1) is 11.7 Å². The Labute approximate surface area is 166 Å². The molecule has 1 unspecified atom stereocenters. The van der Waals surface area contributed by atoms with E-state index in [-0.39, 0.29) is 36.0 Å². The lowest BCUT2D eigenvalue weighted by Crippen LogP contribution is -2.42. The lowest BCUT2D eigenvalue weighted by Gasteiger charge is -2.14. The standard InChI is InChI=1S/C18H18FN5OS.ClH/c19-12-5-7-13(8-6-12)24-17(15-2-1-9-26-15)22-16(23-24)18(25)21-14(10-20)11-3-4-11;/h1-2,5-9,11,14H,3-4,10,20H2,(H,21,25);1H. The number of aromatic nitrogens is 3. The van der Waals surface area contributed by atoms with Gasteiger partial charge in [0.1, 0.15) is 5.82 Å². The van der Waals surface area contributed by atoms with E-state index in [0.29, 0.717) is 24.0 Å². The van der Waals surface area contributed by atoms with Crippen molar-refractivity contribution in [1.82, 2.24) is 20.1 Å². The van der Waals surface area contributed by atoms with Crippen LogP contribution in [-0.2, 0) is 0 Å². The molecule has 1 aliphatic carbocycles. The van der Waals surface area contributed by atoms with Gasteiger partial charge in [0.25, 0.3) is 5.91 Å². The molecule has 0 aliphatic heterocycles. The molecule has 1 amide bonds. The summed E-state index contributed by atoms with van der Waals surface area (Å²) in [6, 6.07) is 9.68. The molecule has 4 rings (SSSR count). The average Bonchev–Trinajstić information content (AvgIpc) is 3.17. The zero-order valence-electron chi connectivity index (χ0n) is 14.3. The molecule has 3 aromatic rings. The van der Waals surface area contributed by atoms with Crippen LogP contribution in [0.5, 0.6) is 0 Å². The van der Waals surface area contributed by atoms with Crippen LogP contribution < -0.4 is 11.1 Å². The van der Waals surface area contributed by atoms with Crippen molar-refractivity contribution in [2.45, 2.75) is 18.9 Å². The van der Waals surface area contributed by atoms with Gasteiger partial charge in [0, 0.05) is 12.6 Å². The second kappa shape index (κ2) is 8.16. The third-order valence-corrected chi connectivity index (χ3v) is 5.25. The quantitative estimate of drug-likeness (QED) is 0.657. The lowest BCUT2D eigenvalue weighted by molar-refractivity contribution is 0.0923. The fraction of sp³-hybridized carbons (Fsp3) is 0.278. The Balaban J connectivity index is 0.00000210. The monoisotopic (exact) mass is 407 g/mol. The van der Waals surface area contributed by atoms with Crippen molar-refractivity contribution in [3.8, 4) is 16.4 Å². The van der Waals surface area contributed by atoms with Crippen molar-refractivity contribution in [3.05, 3.63) is 53.4 Å². The van der Waals surface area contributed by atoms with Crippen molar-refractivity contribution in [1.29, 1.82) is 0 Å². The molecule has 2 heterocycles. The van der Waals surface area contributed by atoms with Crippen molar-refractivity contribution >= 4 is 29.7 Å². The van der Waals surface area contributed by atoms with Crippen LogP contribution in [0.25, 0.3) is 16.4 Å². The Morgan fingerprint density at radius 1 is 1.33 bits per heavy atom. The highest BCUT2D eigenvalue weighted by molar-refractivity contribution is 7.13. The first-order valence-corrected chi connectivity index (χ1v) is 9.31. The van der Waals surface area contributed by atoms with Gasteiger partial charge in [-0.1, -0.05) is 6.07 Å². The van der Waals surface area contributed by atoms with Gasteiger partial charge < -0.3 is 11.1 Å². The molecular weight excluding hydrogens is 389 g/mol.